The van der Waals surface area contributed by atoms with Gasteiger partial charge in [-0.1, -0.05) is 36.4 Å². The highest BCUT2D eigenvalue weighted by Gasteiger charge is 2.21. The summed E-state index contributed by atoms with van der Waals surface area (Å²) in [6.45, 7) is 8.82. The molecular weight excluding hydrogens is 188 g/mol. The Balaban J connectivity index is 2.54. The van der Waals surface area contributed by atoms with Gasteiger partial charge in [-0.05, 0) is 24.7 Å². The molecule has 1 nitrogen and oxygen atoms in total. The molecule has 0 spiro atoms. The fourth-order valence-electron chi connectivity index (χ4n) is 1.42. The lowest BCUT2D eigenvalue weighted by Crippen LogP contribution is -2.33. The Morgan fingerprint density at radius 3 is 2.50 bits per heavy atom. The van der Waals surface area contributed by atoms with Crippen molar-refractivity contribution in [2.75, 3.05) is 6.61 Å². The summed E-state index contributed by atoms with van der Waals surface area (Å²) in [5.74, 6) is 0. The first-order valence-corrected chi connectivity index (χ1v) is 8.04. The maximum atomic E-state index is 5.80. The minimum Gasteiger partial charge on any atom is -0.413 e. The highest BCUT2D eigenvalue weighted by molar-refractivity contribution is 6.70. The molecule has 76 valence electrons. The Kier molecular flexibility index (Phi) is 4.11. The fraction of sp³-hybridized carbons (Fsp3) is 0.333. The summed E-state index contributed by atoms with van der Waals surface area (Å²) in [7, 11) is -1.54. The van der Waals surface area contributed by atoms with Crippen LogP contribution < -0.4 is 0 Å². The van der Waals surface area contributed by atoms with Gasteiger partial charge >= 0.3 is 0 Å². The van der Waals surface area contributed by atoms with Gasteiger partial charge in [0.2, 0.25) is 0 Å². The van der Waals surface area contributed by atoms with E-state index in [4.69, 9.17) is 4.43 Å². The van der Waals surface area contributed by atoms with Crippen LogP contribution in [0.1, 0.15) is 5.56 Å². The van der Waals surface area contributed by atoms with Gasteiger partial charge in [-0.3, -0.25) is 0 Å². The van der Waals surface area contributed by atoms with Crippen LogP contribution in [-0.4, -0.2) is 14.9 Å². The summed E-state index contributed by atoms with van der Waals surface area (Å²) < 4.78 is 5.80. The quantitative estimate of drug-likeness (QED) is 0.531. The minimum absolute atomic E-state index is 0.673. The normalized spacial score (nSPS) is 11.3. The monoisotopic (exact) mass is 206 g/mol. The second-order valence-electron chi connectivity index (χ2n) is 4.02. The summed E-state index contributed by atoms with van der Waals surface area (Å²) >= 11 is 0. The first-order valence-electron chi connectivity index (χ1n) is 4.93. The molecule has 0 saturated carbocycles. The highest BCUT2D eigenvalue weighted by Crippen LogP contribution is 2.12. The van der Waals surface area contributed by atoms with Gasteiger partial charge in [-0.25, -0.2) is 0 Å². The van der Waals surface area contributed by atoms with E-state index in [-0.39, 0.29) is 0 Å². The Bertz CT molecular complexity index is 280. The van der Waals surface area contributed by atoms with Gasteiger partial charge in [-0.2, -0.15) is 0 Å². The average Bonchev–Trinajstić information content (AvgIpc) is 2.16. The van der Waals surface area contributed by atoms with E-state index in [0.29, 0.717) is 6.61 Å². The predicted molar refractivity (Wildman–Crippen MR) is 63.8 cm³/mol. The van der Waals surface area contributed by atoms with E-state index >= 15 is 0 Å². The van der Waals surface area contributed by atoms with E-state index in [1.165, 1.54) is 5.56 Å². The number of benzene rings is 1. The lowest BCUT2D eigenvalue weighted by Gasteiger charge is -2.21. The van der Waals surface area contributed by atoms with E-state index in [9.17, 15) is 0 Å². The molecule has 2 heteroatoms. The minimum atomic E-state index is -1.54. The van der Waals surface area contributed by atoms with Crippen molar-refractivity contribution in [3.63, 3.8) is 0 Å². The topological polar surface area (TPSA) is 9.23 Å². The lowest BCUT2D eigenvalue weighted by molar-refractivity contribution is 0.351. The standard InChI is InChI=1S/C12H18OSi/c1-4-10-13-14(2,3)11-12-8-6-5-7-9-12/h4-9H,1,10-11H2,2-3H3. The van der Waals surface area contributed by atoms with Crippen molar-refractivity contribution in [3.05, 3.63) is 48.6 Å². The van der Waals surface area contributed by atoms with Gasteiger partial charge < -0.3 is 4.43 Å². The smallest absolute Gasteiger partial charge is 0.191 e. The molecule has 0 saturated heterocycles. The van der Waals surface area contributed by atoms with Gasteiger partial charge in [0.05, 0.1) is 6.61 Å². The van der Waals surface area contributed by atoms with Crippen molar-refractivity contribution in [1.29, 1.82) is 0 Å². The molecule has 0 fully saturated rings. The molecule has 0 N–H and O–H groups in total. The van der Waals surface area contributed by atoms with Crippen molar-refractivity contribution >= 4 is 8.32 Å². The molecule has 0 aliphatic carbocycles. The summed E-state index contributed by atoms with van der Waals surface area (Å²) in [6.07, 6.45) is 1.82. The fourth-order valence-corrected chi connectivity index (χ4v) is 3.31. The predicted octanol–water partition coefficient (Wildman–Crippen LogP) is 3.18. The second kappa shape index (κ2) is 5.13. The van der Waals surface area contributed by atoms with Crippen molar-refractivity contribution in [3.8, 4) is 0 Å². The molecule has 0 aromatic heterocycles. The van der Waals surface area contributed by atoms with Crippen LogP contribution in [0.4, 0.5) is 0 Å². The van der Waals surface area contributed by atoms with E-state index < -0.39 is 8.32 Å². The van der Waals surface area contributed by atoms with E-state index in [1.54, 1.807) is 0 Å². The molecule has 0 aliphatic rings. The Labute approximate surface area is 87.5 Å². The van der Waals surface area contributed by atoms with Crippen LogP contribution in [0.3, 0.4) is 0 Å². The van der Waals surface area contributed by atoms with Gasteiger partial charge in [0.1, 0.15) is 0 Å². The SMILES string of the molecule is C=CCO[Si](C)(C)Cc1ccccc1. The number of hydrogen-bond donors (Lipinski definition) is 0. The third kappa shape index (κ3) is 3.90. The van der Waals surface area contributed by atoms with Gasteiger partial charge in [0, 0.05) is 0 Å². The van der Waals surface area contributed by atoms with E-state index in [0.717, 1.165) is 6.04 Å². The van der Waals surface area contributed by atoms with Gasteiger partial charge in [0.15, 0.2) is 8.32 Å². The Hall–Kier alpha value is -0.863. The molecule has 1 aromatic carbocycles. The maximum Gasteiger partial charge on any atom is 0.191 e. The molecule has 0 radical (unpaired) electrons. The summed E-state index contributed by atoms with van der Waals surface area (Å²) in [6, 6.07) is 11.6. The Morgan fingerprint density at radius 2 is 1.93 bits per heavy atom. The number of hydrogen-bond acceptors (Lipinski definition) is 1. The van der Waals surface area contributed by atoms with Crippen molar-refractivity contribution in [2.24, 2.45) is 0 Å². The largest absolute Gasteiger partial charge is 0.413 e. The average molecular weight is 206 g/mol. The maximum absolute atomic E-state index is 5.80. The second-order valence-corrected chi connectivity index (χ2v) is 8.18. The van der Waals surface area contributed by atoms with Crippen LogP contribution >= 0.6 is 0 Å². The van der Waals surface area contributed by atoms with Crippen molar-refractivity contribution in [1.82, 2.24) is 0 Å². The first-order chi connectivity index (χ1) is 6.64. The molecule has 0 atom stereocenters. The van der Waals surface area contributed by atoms with Crippen LogP contribution in [0.15, 0.2) is 43.0 Å². The van der Waals surface area contributed by atoms with Crippen LogP contribution in [0.25, 0.3) is 0 Å². The molecule has 1 rings (SSSR count). The molecule has 0 aliphatic heterocycles. The molecule has 14 heavy (non-hydrogen) atoms. The zero-order valence-electron chi connectivity index (χ0n) is 8.99. The first kappa shape index (κ1) is 11.2. The molecule has 0 unspecified atom stereocenters. The summed E-state index contributed by atoms with van der Waals surface area (Å²) in [5.41, 5.74) is 1.37. The summed E-state index contributed by atoms with van der Waals surface area (Å²) in [5, 5.41) is 0. The Morgan fingerprint density at radius 1 is 1.29 bits per heavy atom. The number of rotatable bonds is 5. The van der Waals surface area contributed by atoms with Crippen LogP contribution in [-0.2, 0) is 10.5 Å². The zero-order chi connectivity index (χ0) is 10.4. The third-order valence-electron chi connectivity index (χ3n) is 2.06. The molecule has 1 aromatic rings. The van der Waals surface area contributed by atoms with Crippen molar-refractivity contribution < 1.29 is 4.43 Å². The van der Waals surface area contributed by atoms with Crippen LogP contribution in [0, 0.1) is 0 Å². The van der Waals surface area contributed by atoms with Crippen LogP contribution in [0.2, 0.25) is 13.1 Å². The summed E-state index contributed by atoms with van der Waals surface area (Å²) in [4.78, 5) is 0. The zero-order valence-corrected chi connectivity index (χ0v) is 9.99. The van der Waals surface area contributed by atoms with E-state index in [2.05, 4.69) is 43.9 Å². The van der Waals surface area contributed by atoms with Crippen LogP contribution in [0.5, 0.6) is 0 Å². The van der Waals surface area contributed by atoms with Gasteiger partial charge in [0.25, 0.3) is 0 Å². The van der Waals surface area contributed by atoms with E-state index in [1.807, 2.05) is 12.1 Å². The molecule has 0 bridgehead atoms. The third-order valence-corrected chi connectivity index (χ3v) is 4.27. The van der Waals surface area contributed by atoms with Gasteiger partial charge in [-0.15, -0.1) is 6.58 Å². The highest BCUT2D eigenvalue weighted by atomic mass is 28.4. The molecule has 0 amide bonds. The molecular formula is C12H18OSi. The lowest BCUT2D eigenvalue weighted by atomic mass is 10.2. The molecule has 0 heterocycles. The van der Waals surface area contributed by atoms with Crippen molar-refractivity contribution in [2.45, 2.75) is 19.1 Å².